The third-order valence-electron chi connectivity index (χ3n) is 3.23. The Balaban J connectivity index is 2.15. The number of rotatable bonds is 1. The van der Waals surface area contributed by atoms with E-state index in [1.165, 1.54) is 6.92 Å². The zero-order valence-electron chi connectivity index (χ0n) is 8.12. The minimum atomic E-state index is -0.507. The molecule has 1 saturated heterocycles. The number of hydrogen-bond acceptors (Lipinski definition) is 3. The van der Waals surface area contributed by atoms with Gasteiger partial charge in [0.2, 0.25) is 5.91 Å². The highest BCUT2D eigenvalue weighted by atomic mass is 16.5. The topological polar surface area (TPSA) is 69.6 Å². The number of amides is 2. The Bertz CT molecular complexity index is 284. The van der Waals surface area contributed by atoms with Gasteiger partial charge in [0.05, 0.1) is 5.54 Å². The summed E-state index contributed by atoms with van der Waals surface area (Å²) < 4.78 is 0. The number of nitrogens with one attached hydrogen (secondary N) is 1. The summed E-state index contributed by atoms with van der Waals surface area (Å²) in [7, 11) is 0. The van der Waals surface area contributed by atoms with Crippen molar-refractivity contribution in [3.63, 3.8) is 0 Å². The molecule has 2 aliphatic rings. The number of nitrogens with zero attached hydrogens (tertiary/aromatic N) is 1. The van der Waals surface area contributed by atoms with Crippen LogP contribution in [-0.4, -0.2) is 33.7 Å². The van der Waals surface area contributed by atoms with Crippen LogP contribution in [0, 0.1) is 0 Å². The maximum Gasteiger partial charge on any atom is 0.271 e. The molecule has 1 aliphatic heterocycles. The van der Waals surface area contributed by atoms with Gasteiger partial charge in [-0.1, -0.05) is 12.8 Å². The fraction of sp³-hybridized carbons (Fsp3) is 0.778. The zero-order chi connectivity index (χ0) is 10.3. The summed E-state index contributed by atoms with van der Waals surface area (Å²) in [5.41, 5.74) is -0.497. The van der Waals surface area contributed by atoms with Crippen molar-refractivity contribution in [3.8, 4) is 0 Å². The average molecular weight is 198 g/mol. The first-order chi connectivity index (χ1) is 6.58. The third kappa shape index (κ3) is 1.05. The lowest BCUT2D eigenvalue weighted by Gasteiger charge is -2.51. The van der Waals surface area contributed by atoms with Gasteiger partial charge in [0.1, 0.15) is 6.04 Å². The highest BCUT2D eigenvalue weighted by Crippen LogP contribution is 2.44. The van der Waals surface area contributed by atoms with Crippen LogP contribution >= 0.6 is 0 Å². The molecular weight excluding hydrogens is 184 g/mol. The molecule has 2 N–H and O–H groups in total. The lowest BCUT2D eigenvalue weighted by Crippen LogP contribution is -2.76. The summed E-state index contributed by atoms with van der Waals surface area (Å²) >= 11 is 0. The average Bonchev–Trinajstić information content (AvgIpc) is 2.63. The van der Waals surface area contributed by atoms with Gasteiger partial charge in [-0.05, 0) is 12.8 Å². The van der Waals surface area contributed by atoms with Crippen LogP contribution in [0.25, 0.3) is 0 Å². The van der Waals surface area contributed by atoms with Crippen molar-refractivity contribution in [2.45, 2.75) is 44.2 Å². The van der Waals surface area contributed by atoms with Crippen molar-refractivity contribution in [2.75, 3.05) is 0 Å². The lowest BCUT2D eigenvalue weighted by molar-refractivity contribution is -0.238. The minimum absolute atomic E-state index is 0.220. The van der Waals surface area contributed by atoms with E-state index in [1.807, 2.05) is 0 Å². The first-order valence-corrected chi connectivity index (χ1v) is 4.88. The first kappa shape index (κ1) is 9.45. The number of hydrogen-bond donors (Lipinski definition) is 2. The van der Waals surface area contributed by atoms with Crippen molar-refractivity contribution >= 4 is 11.8 Å². The second kappa shape index (κ2) is 2.95. The molecule has 0 aromatic carbocycles. The van der Waals surface area contributed by atoms with Gasteiger partial charge < -0.3 is 5.32 Å². The minimum Gasteiger partial charge on any atom is -0.342 e. The van der Waals surface area contributed by atoms with E-state index < -0.39 is 11.6 Å². The van der Waals surface area contributed by atoms with Gasteiger partial charge in [0.15, 0.2) is 0 Å². The second-order valence-corrected chi connectivity index (χ2v) is 4.09. The molecule has 1 unspecified atom stereocenters. The summed E-state index contributed by atoms with van der Waals surface area (Å²) in [5, 5.41) is 12.9. The van der Waals surface area contributed by atoms with Crippen LogP contribution < -0.4 is 5.32 Å². The summed E-state index contributed by atoms with van der Waals surface area (Å²) in [6.07, 6.45) is 3.56. The molecule has 2 fully saturated rings. The van der Waals surface area contributed by atoms with Crippen LogP contribution in [0.5, 0.6) is 0 Å². The molecule has 2 amide bonds. The van der Waals surface area contributed by atoms with E-state index in [2.05, 4.69) is 5.32 Å². The maximum absolute atomic E-state index is 11.3. The summed E-state index contributed by atoms with van der Waals surface area (Å²) in [6.45, 7) is 1.38. The number of carbonyl (C=O) groups excluding carboxylic acids is 2. The predicted octanol–water partition coefficient (Wildman–Crippen LogP) is 0.0353. The highest BCUT2D eigenvalue weighted by Gasteiger charge is 2.61. The van der Waals surface area contributed by atoms with Crippen molar-refractivity contribution in [2.24, 2.45) is 0 Å². The molecule has 1 spiro atoms. The molecule has 0 bridgehead atoms. The standard InChI is InChI=1S/C9H14N2O3/c1-6(12)10-7-8(13)11(14)9(7)4-2-3-5-9/h7,14H,2-5H2,1H3,(H,10,12). The monoisotopic (exact) mass is 198 g/mol. The van der Waals surface area contributed by atoms with Crippen molar-refractivity contribution in [3.05, 3.63) is 0 Å². The number of β-lactam (4-membered cyclic amide) rings is 1. The Morgan fingerprint density at radius 2 is 2.14 bits per heavy atom. The van der Waals surface area contributed by atoms with Crippen molar-refractivity contribution in [1.29, 1.82) is 0 Å². The Hall–Kier alpha value is -1.10. The Labute approximate surface area is 82.0 Å². The first-order valence-electron chi connectivity index (χ1n) is 4.88. The van der Waals surface area contributed by atoms with Crippen LogP contribution in [0.4, 0.5) is 0 Å². The molecule has 5 heteroatoms. The molecule has 78 valence electrons. The molecule has 0 aromatic heterocycles. The van der Waals surface area contributed by atoms with E-state index in [1.54, 1.807) is 0 Å². The van der Waals surface area contributed by atoms with Crippen LogP contribution in [0.3, 0.4) is 0 Å². The van der Waals surface area contributed by atoms with E-state index in [9.17, 15) is 14.8 Å². The van der Waals surface area contributed by atoms with E-state index in [0.29, 0.717) is 0 Å². The summed E-state index contributed by atoms with van der Waals surface area (Å²) in [5.74, 6) is -0.607. The molecule has 0 aromatic rings. The fourth-order valence-electron chi connectivity index (χ4n) is 2.51. The largest absolute Gasteiger partial charge is 0.342 e. The molecule has 14 heavy (non-hydrogen) atoms. The van der Waals surface area contributed by atoms with E-state index in [0.717, 1.165) is 30.7 Å². The van der Waals surface area contributed by atoms with Gasteiger partial charge in [-0.3, -0.25) is 14.8 Å². The SMILES string of the molecule is CC(=O)NC1C(=O)N(O)C12CCCC2. The zero-order valence-corrected chi connectivity index (χ0v) is 8.12. The van der Waals surface area contributed by atoms with Gasteiger partial charge in [-0.25, -0.2) is 5.06 Å². The van der Waals surface area contributed by atoms with E-state index >= 15 is 0 Å². The van der Waals surface area contributed by atoms with E-state index in [4.69, 9.17) is 0 Å². The van der Waals surface area contributed by atoms with E-state index in [-0.39, 0.29) is 11.8 Å². The van der Waals surface area contributed by atoms with Crippen molar-refractivity contribution < 1.29 is 14.8 Å². The summed E-state index contributed by atoms with van der Waals surface area (Å²) in [4.78, 5) is 22.2. The van der Waals surface area contributed by atoms with Gasteiger partial charge >= 0.3 is 0 Å². The highest BCUT2D eigenvalue weighted by molar-refractivity contribution is 5.93. The number of hydroxylamine groups is 2. The van der Waals surface area contributed by atoms with Crippen LogP contribution in [0.1, 0.15) is 32.6 Å². The molecule has 1 heterocycles. The third-order valence-corrected chi connectivity index (χ3v) is 3.23. The molecule has 2 rings (SSSR count). The van der Waals surface area contributed by atoms with Crippen LogP contribution in [0.2, 0.25) is 0 Å². The molecule has 1 saturated carbocycles. The second-order valence-electron chi connectivity index (χ2n) is 4.09. The van der Waals surface area contributed by atoms with Crippen LogP contribution in [-0.2, 0) is 9.59 Å². The van der Waals surface area contributed by atoms with Gasteiger partial charge in [0, 0.05) is 6.92 Å². The Morgan fingerprint density at radius 3 is 2.64 bits per heavy atom. The fourth-order valence-corrected chi connectivity index (χ4v) is 2.51. The van der Waals surface area contributed by atoms with Gasteiger partial charge in [0.25, 0.3) is 5.91 Å². The lowest BCUT2D eigenvalue weighted by atomic mass is 9.79. The molecule has 5 nitrogen and oxygen atoms in total. The van der Waals surface area contributed by atoms with Crippen molar-refractivity contribution in [1.82, 2.24) is 10.4 Å². The summed E-state index contributed by atoms with van der Waals surface area (Å²) in [6, 6.07) is -0.507. The quantitative estimate of drug-likeness (QED) is 0.461. The van der Waals surface area contributed by atoms with Crippen LogP contribution in [0.15, 0.2) is 0 Å². The molecule has 1 atom stereocenters. The number of carbonyl (C=O) groups is 2. The molecule has 0 radical (unpaired) electrons. The van der Waals surface area contributed by atoms with Gasteiger partial charge in [-0.2, -0.15) is 0 Å². The smallest absolute Gasteiger partial charge is 0.271 e. The normalized spacial score (nSPS) is 29.1. The Kier molecular flexibility index (Phi) is 1.99. The Morgan fingerprint density at radius 1 is 1.57 bits per heavy atom. The molecule has 1 aliphatic carbocycles. The molecular formula is C9H14N2O3. The predicted molar refractivity (Wildman–Crippen MR) is 47.4 cm³/mol. The van der Waals surface area contributed by atoms with Gasteiger partial charge in [-0.15, -0.1) is 0 Å². The maximum atomic E-state index is 11.3.